The van der Waals surface area contributed by atoms with Gasteiger partial charge in [-0.25, -0.2) is 4.98 Å². The minimum absolute atomic E-state index is 0.0557. The number of benzene rings is 2. The molecule has 0 fully saturated rings. The van der Waals surface area contributed by atoms with Crippen molar-refractivity contribution in [2.24, 2.45) is 0 Å². The van der Waals surface area contributed by atoms with Crippen molar-refractivity contribution in [2.75, 3.05) is 5.32 Å². The van der Waals surface area contributed by atoms with Crippen molar-refractivity contribution in [1.82, 2.24) is 4.98 Å². The van der Waals surface area contributed by atoms with E-state index in [0.717, 1.165) is 35.2 Å². The van der Waals surface area contributed by atoms with Crippen LogP contribution in [0.15, 0.2) is 47.0 Å². The van der Waals surface area contributed by atoms with Crippen LogP contribution in [0.25, 0.3) is 11.3 Å². The highest BCUT2D eigenvalue weighted by Crippen LogP contribution is 2.31. The average Bonchev–Trinajstić information content (AvgIpc) is 3.15. The third-order valence-electron chi connectivity index (χ3n) is 4.58. The van der Waals surface area contributed by atoms with Gasteiger partial charge in [-0.3, -0.25) is 4.79 Å². The van der Waals surface area contributed by atoms with E-state index in [4.69, 9.17) is 27.6 Å². The summed E-state index contributed by atoms with van der Waals surface area (Å²) in [6, 6.07) is 11.3. The molecular formula is C22H22Cl2N2O2. The molecule has 146 valence electrons. The van der Waals surface area contributed by atoms with Crippen LogP contribution in [-0.2, 0) is 24.1 Å². The molecule has 1 N–H and O–H groups in total. The molecule has 0 radical (unpaired) electrons. The lowest BCUT2D eigenvalue weighted by atomic mass is 10.0. The van der Waals surface area contributed by atoms with E-state index in [2.05, 4.69) is 24.1 Å². The molecule has 6 heteroatoms. The molecule has 1 amide bonds. The van der Waals surface area contributed by atoms with Crippen LogP contribution in [0.1, 0.15) is 37.3 Å². The van der Waals surface area contributed by atoms with E-state index in [1.165, 1.54) is 0 Å². The maximum Gasteiger partial charge on any atom is 0.224 e. The fourth-order valence-electron chi connectivity index (χ4n) is 3.07. The van der Waals surface area contributed by atoms with E-state index < -0.39 is 0 Å². The Hall–Kier alpha value is -2.30. The van der Waals surface area contributed by atoms with Gasteiger partial charge in [0.15, 0.2) is 11.7 Å². The van der Waals surface area contributed by atoms with E-state index in [1.54, 1.807) is 24.4 Å². The average molecular weight is 417 g/mol. The largest absolute Gasteiger partial charge is 0.441 e. The van der Waals surface area contributed by atoms with Crippen LogP contribution in [-0.4, -0.2) is 10.9 Å². The lowest BCUT2D eigenvalue weighted by Crippen LogP contribution is -2.15. The number of aromatic nitrogens is 1. The second-order valence-electron chi connectivity index (χ2n) is 6.45. The Kier molecular flexibility index (Phi) is 6.76. The summed E-state index contributed by atoms with van der Waals surface area (Å²) in [5.41, 5.74) is 3.93. The normalized spacial score (nSPS) is 10.9. The first-order valence-electron chi connectivity index (χ1n) is 9.32. The summed E-state index contributed by atoms with van der Waals surface area (Å²) in [5.74, 6) is 0.997. The highest BCUT2D eigenvalue weighted by molar-refractivity contribution is 6.36. The topological polar surface area (TPSA) is 55.1 Å². The van der Waals surface area contributed by atoms with Crippen LogP contribution in [0.3, 0.4) is 0 Å². The molecule has 4 nitrogen and oxygen atoms in total. The van der Waals surface area contributed by atoms with E-state index >= 15 is 0 Å². The van der Waals surface area contributed by atoms with Crippen molar-refractivity contribution in [3.8, 4) is 11.3 Å². The van der Waals surface area contributed by atoms with Crippen molar-refractivity contribution in [1.29, 1.82) is 0 Å². The number of carbonyl (C=O) groups excluding carboxylic acids is 1. The molecule has 0 aliphatic carbocycles. The van der Waals surface area contributed by atoms with Gasteiger partial charge in [0.25, 0.3) is 0 Å². The van der Waals surface area contributed by atoms with Gasteiger partial charge < -0.3 is 9.73 Å². The smallest absolute Gasteiger partial charge is 0.224 e. The molecule has 0 saturated carbocycles. The van der Waals surface area contributed by atoms with Crippen LogP contribution >= 0.6 is 23.2 Å². The molecule has 0 saturated heterocycles. The fraction of sp³-hybridized carbons (Fsp3) is 0.273. The standard InChI is InChI=1S/C22H22Cl2N2O2/c1-3-14-6-5-7-15(4-2)22(14)26-20(27)10-11-21-25-13-19(28-21)17-9-8-16(23)12-18(17)24/h5-9,12-13H,3-4,10-11H2,1-2H3,(H,26,27). The number of oxazole rings is 1. The molecule has 3 aromatic rings. The predicted molar refractivity (Wildman–Crippen MR) is 114 cm³/mol. The first kappa shape index (κ1) is 20.4. The highest BCUT2D eigenvalue weighted by Gasteiger charge is 2.14. The predicted octanol–water partition coefficient (Wildman–Crippen LogP) is 6.34. The monoisotopic (exact) mass is 416 g/mol. The zero-order valence-electron chi connectivity index (χ0n) is 15.9. The molecule has 0 unspecified atom stereocenters. The van der Waals surface area contributed by atoms with Crippen LogP contribution in [0.2, 0.25) is 10.0 Å². The fourth-order valence-corrected chi connectivity index (χ4v) is 3.57. The zero-order chi connectivity index (χ0) is 20.1. The van der Waals surface area contributed by atoms with Gasteiger partial charge in [-0.1, -0.05) is 55.2 Å². The van der Waals surface area contributed by atoms with Crippen molar-refractivity contribution in [3.63, 3.8) is 0 Å². The molecule has 28 heavy (non-hydrogen) atoms. The van der Waals surface area contributed by atoms with Gasteiger partial charge in [0, 0.05) is 29.1 Å². The number of halogens is 2. The van der Waals surface area contributed by atoms with Crippen LogP contribution in [0, 0.1) is 0 Å². The third-order valence-corrected chi connectivity index (χ3v) is 5.13. The Morgan fingerprint density at radius 3 is 2.46 bits per heavy atom. The number of anilines is 1. The lowest BCUT2D eigenvalue weighted by Gasteiger charge is -2.14. The van der Waals surface area contributed by atoms with E-state index in [9.17, 15) is 4.79 Å². The number of nitrogens with one attached hydrogen (secondary N) is 1. The first-order chi connectivity index (χ1) is 13.5. The molecule has 0 atom stereocenters. The molecule has 2 aromatic carbocycles. The molecule has 1 heterocycles. The third kappa shape index (κ3) is 4.75. The molecule has 0 spiro atoms. The number of para-hydroxylation sites is 1. The van der Waals surface area contributed by atoms with Gasteiger partial charge in [-0.05, 0) is 42.2 Å². The molecular weight excluding hydrogens is 395 g/mol. The van der Waals surface area contributed by atoms with Gasteiger partial charge in [0.2, 0.25) is 5.91 Å². The van der Waals surface area contributed by atoms with Gasteiger partial charge in [0.1, 0.15) is 0 Å². The number of amides is 1. The summed E-state index contributed by atoms with van der Waals surface area (Å²) in [7, 11) is 0. The zero-order valence-corrected chi connectivity index (χ0v) is 17.4. The Morgan fingerprint density at radius 2 is 1.82 bits per heavy atom. The van der Waals surface area contributed by atoms with E-state index in [-0.39, 0.29) is 12.3 Å². The van der Waals surface area contributed by atoms with Crippen molar-refractivity contribution in [2.45, 2.75) is 39.5 Å². The van der Waals surface area contributed by atoms with Crippen molar-refractivity contribution >= 4 is 34.8 Å². The minimum atomic E-state index is -0.0557. The summed E-state index contributed by atoms with van der Waals surface area (Å²) < 4.78 is 5.76. The summed E-state index contributed by atoms with van der Waals surface area (Å²) >= 11 is 12.1. The summed E-state index contributed by atoms with van der Waals surface area (Å²) in [6.07, 6.45) is 4.05. The van der Waals surface area contributed by atoms with Gasteiger partial charge >= 0.3 is 0 Å². The number of aryl methyl sites for hydroxylation is 3. The van der Waals surface area contributed by atoms with Gasteiger partial charge in [-0.2, -0.15) is 0 Å². The number of hydrogen-bond acceptors (Lipinski definition) is 3. The van der Waals surface area contributed by atoms with E-state index in [0.29, 0.717) is 28.1 Å². The lowest BCUT2D eigenvalue weighted by molar-refractivity contribution is -0.116. The Bertz CT molecular complexity index is 960. The van der Waals surface area contributed by atoms with Crippen LogP contribution in [0.4, 0.5) is 5.69 Å². The molecule has 1 aromatic heterocycles. The van der Waals surface area contributed by atoms with Crippen molar-refractivity contribution < 1.29 is 9.21 Å². The maximum absolute atomic E-state index is 12.5. The quantitative estimate of drug-likeness (QED) is 0.488. The number of hydrogen-bond donors (Lipinski definition) is 1. The molecule has 0 bridgehead atoms. The van der Waals surface area contributed by atoms with Crippen LogP contribution in [0.5, 0.6) is 0 Å². The first-order valence-corrected chi connectivity index (χ1v) is 10.1. The SMILES string of the molecule is CCc1cccc(CC)c1NC(=O)CCc1ncc(-c2ccc(Cl)cc2Cl)o1. The molecule has 3 rings (SSSR count). The second kappa shape index (κ2) is 9.26. The van der Waals surface area contributed by atoms with Crippen LogP contribution < -0.4 is 5.32 Å². The summed E-state index contributed by atoms with van der Waals surface area (Å²) in [6.45, 7) is 4.17. The Balaban J connectivity index is 1.65. The van der Waals surface area contributed by atoms with Gasteiger partial charge in [0.05, 0.1) is 11.2 Å². The second-order valence-corrected chi connectivity index (χ2v) is 7.29. The molecule has 0 aliphatic rings. The van der Waals surface area contributed by atoms with E-state index in [1.807, 2.05) is 18.2 Å². The number of carbonyl (C=O) groups is 1. The molecule has 0 aliphatic heterocycles. The number of rotatable bonds is 7. The van der Waals surface area contributed by atoms with Gasteiger partial charge in [-0.15, -0.1) is 0 Å². The number of nitrogens with zero attached hydrogens (tertiary/aromatic N) is 1. The van der Waals surface area contributed by atoms with Crippen molar-refractivity contribution in [3.05, 3.63) is 69.7 Å². The Morgan fingerprint density at radius 1 is 1.11 bits per heavy atom. The highest BCUT2D eigenvalue weighted by atomic mass is 35.5. The Labute approximate surface area is 174 Å². The summed E-state index contributed by atoms with van der Waals surface area (Å²) in [4.78, 5) is 16.7. The maximum atomic E-state index is 12.5. The minimum Gasteiger partial charge on any atom is -0.441 e. The summed E-state index contributed by atoms with van der Waals surface area (Å²) in [5, 5.41) is 4.12.